The molecule has 1 aromatic rings. The molecular formula is C16H24. The van der Waals surface area contributed by atoms with Gasteiger partial charge in [0.2, 0.25) is 0 Å². The average Bonchev–Trinajstić information content (AvgIpc) is 2.16. The van der Waals surface area contributed by atoms with Crippen molar-refractivity contribution in [2.24, 2.45) is 0 Å². The van der Waals surface area contributed by atoms with E-state index in [4.69, 9.17) is 0 Å². The number of benzene rings is 1. The summed E-state index contributed by atoms with van der Waals surface area (Å²) in [6.45, 7) is 17.4. The van der Waals surface area contributed by atoms with Gasteiger partial charge in [0.25, 0.3) is 0 Å². The van der Waals surface area contributed by atoms with Crippen LogP contribution in [0.3, 0.4) is 0 Å². The molecule has 0 saturated carbocycles. The van der Waals surface area contributed by atoms with Crippen molar-refractivity contribution >= 4 is 0 Å². The smallest absolute Gasteiger partial charge is 0.00756 e. The van der Waals surface area contributed by atoms with Crippen LogP contribution in [-0.2, 0) is 10.8 Å². The molecular weight excluding hydrogens is 192 g/mol. The van der Waals surface area contributed by atoms with Crippen LogP contribution in [0.4, 0.5) is 0 Å². The molecule has 0 heteroatoms. The van der Waals surface area contributed by atoms with E-state index in [-0.39, 0.29) is 10.8 Å². The molecule has 0 radical (unpaired) electrons. The molecule has 88 valence electrons. The van der Waals surface area contributed by atoms with Gasteiger partial charge in [0.05, 0.1) is 0 Å². The number of hydrogen-bond donors (Lipinski definition) is 0. The maximum Gasteiger partial charge on any atom is 0.00756 e. The van der Waals surface area contributed by atoms with Gasteiger partial charge in [0.15, 0.2) is 0 Å². The molecule has 0 fully saturated rings. The van der Waals surface area contributed by atoms with E-state index in [1.807, 2.05) is 6.08 Å². The van der Waals surface area contributed by atoms with Crippen LogP contribution >= 0.6 is 0 Å². The summed E-state index contributed by atoms with van der Waals surface area (Å²) in [5.74, 6) is 0. The Labute approximate surface area is 100 Å². The number of hydrogen-bond acceptors (Lipinski definition) is 0. The van der Waals surface area contributed by atoms with Gasteiger partial charge in [-0.1, -0.05) is 64.5 Å². The van der Waals surface area contributed by atoms with E-state index in [0.29, 0.717) is 0 Å². The fourth-order valence-corrected chi connectivity index (χ4v) is 1.95. The first-order valence-corrected chi connectivity index (χ1v) is 5.93. The summed E-state index contributed by atoms with van der Waals surface area (Å²) in [5, 5.41) is 0. The lowest BCUT2D eigenvalue weighted by atomic mass is 9.74. The third kappa shape index (κ3) is 2.55. The highest BCUT2D eigenvalue weighted by molar-refractivity contribution is 5.42. The molecule has 0 heterocycles. The molecule has 0 saturated heterocycles. The summed E-state index contributed by atoms with van der Waals surface area (Å²) in [6.07, 6.45) is 2.03. The molecule has 0 aliphatic heterocycles. The predicted molar refractivity (Wildman–Crippen MR) is 73.1 cm³/mol. The molecule has 0 aliphatic rings. The van der Waals surface area contributed by atoms with Crippen molar-refractivity contribution in [3.63, 3.8) is 0 Å². The molecule has 0 bridgehead atoms. The highest BCUT2D eigenvalue weighted by Crippen LogP contribution is 2.35. The first-order valence-electron chi connectivity index (χ1n) is 5.93. The largest absolute Gasteiger partial charge is 0.102 e. The molecule has 0 N–H and O–H groups in total. The third-order valence-electron chi connectivity index (χ3n) is 3.19. The lowest BCUT2D eigenvalue weighted by Crippen LogP contribution is -2.22. The van der Waals surface area contributed by atoms with Crippen LogP contribution in [-0.4, -0.2) is 0 Å². The van der Waals surface area contributed by atoms with Gasteiger partial charge in [0, 0.05) is 5.41 Å². The lowest BCUT2D eigenvalue weighted by molar-refractivity contribution is 0.556. The fourth-order valence-electron chi connectivity index (χ4n) is 1.95. The summed E-state index contributed by atoms with van der Waals surface area (Å²) >= 11 is 0. The second-order valence-electron chi connectivity index (χ2n) is 6.22. The van der Waals surface area contributed by atoms with E-state index in [2.05, 4.69) is 66.3 Å². The van der Waals surface area contributed by atoms with Crippen molar-refractivity contribution in [3.8, 4) is 0 Å². The Morgan fingerprint density at radius 2 is 1.56 bits per heavy atom. The molecule has 0 nitrogen and oxygen atoms in total. The lowest BCUT2D eigenvalue weighted by Gasteiger charge is -2.31. The van der Waals surface area contributed by atoms with E-state index >= 15 is 0 Å². The van der Waals surface area contributed by atoms with Crippen LogP contribution in [0, 0.1) is 6.92 Å². The molecule has 0 atom stereocenters. The highest BCUT2D eigenvalue weighted by Gasteiger charge is 2.25. The Balaban J connectivity index is 3.46. The topological polar surface area (TPSA) is 0 Å². The Morgan fingerprint density at radius 1 is 1.00 bits per heavy atom. The second kappa shape index (κ2) is 4.08. The molecule has 1 rings (SSSR count). The van der Waals surface area contributed by atoms with Gasteiger partial charge >= 0.3 is 0 Å². The maximum atomic E-state index is 3.95. The summed E-state index contributed by atoms with van der Waals surface area (Å²) in [7, 11) is 0. The van der Waals surface area contributed by atoms with Gasteiger partial charge in [-0.2, -0.15) is 0 Å². The van der Waals surface area contributed by atoms with Crippen LogP contribution in [0.25, 0.3) is 0 Å². The first kappa shape index (κ1) is 13.0. The molecule has 0 unspecified atom stereocenters. The van der Waals surface area contributed by atoms with Gasteiger partial charge in [-0.05, 0) is 23.5 Å². The highest BCUT2D eigenvalue weighted by atomic mass is 14.3. The van der Waals surface area contributed by atoms with E-state index < -0.39 is 0 Å². The fraction of sp³-hybridized carbons (Fsp3) is 0.500. The Morgan fingerprint density at radius 3 is 2.00 bits per heavy atom. The van der Waals surface area contributed by atoms with Crippen LogP contribution < -0.4 is 0 Å². The van der Waals surface area contributed by atoms with Gasteiger partial charge in [-0.3, -0.25) is 0 Å². The van der Waals surface area contributed by atoms with Crippen molar-refractivity contribution in [2.75, 3.05) is 0 Å². The molecule has 1 aromatic carbocycles. The number of rotatable bonds is 2. The van der Waals surface area contributed by atoms with Crippen LogP contribution in [0.5, 0.6) is 0 Å². The van der Waals surface area contributed by atoms with Crippen molar-refractivity contribution in [1.82, 2.24) is 0 Å². The zero-order valence-corrected chi connectivity index (χ0v) is 11.5. The van der Waals surface area contributed by atoms with Gasteiger partial charge in [0.1, 0.15) is 0 Å². The molecule has 16 heavy (non-hydrogen) atoms. The van der Waals surface area contributed by atoms with Gasteiger partial charge in [-0.15, -0.1) is 6.58 Å². The summed E-state index contributed by atoms with van der Waals surface area (Å²) in [5.41, 5.74) is 4.37. The van der Waals surface area contributed by atoms with Gasteiger partial charge in [-0.25, -0.2) is 0 Å². The quantitative estimate of drug-likeness (QED) is 0.625. The number of aryl methyl sites for hydroxylation is 1. The minimum absolute atomic E-state index is 0.0380. The van der Waals surface area contributed by atoms with Crippen molar-refractivity contribution in [3.05, 3.63) is 47.5 Å². The molecule has 0 amide bonds. The summed E-state index contributed by atoms with van der Waals surface area (Å²) in [6, 6.07) is 6.74. The van der Waals surface area contributed by atoms with Crippen LogP contribution in [0.2, 0.25) is 0 Å². The Hall–Kier alpha value is -1.04. The van der Waals surface area contributed by atoms with Crippen molar-refractivity contribution in [2.45, 2.75) is 52.4 Å². The normalized spacial score (nSPS) is 12.6. The van der Waals surface area contributed by atoms with Crippen molar-refractivity contribution < 1.29 is 0 Å². The monoisotopic (exact) mass is 216 g/mol. The molecule has 0 aromatic heterocycles. The van der Waals surface area contributed by atoms with Gasteiger partial charge < -0.3 is 0 Å². The number of allylic oxidation sites excluding steroid dienone is 1. The molecule has 0 aliphatic carbocycles. The zero-order valence-electron chi connectivity index (χ0n) is 11.5. The Bertz CT molecular complexity index is 389. The minimum Gasteiger partial charge on any atom is -0.102 e. The van der Waals surface area contributed by atoms with Crippen molar-refractivity contribution in [1.29, 1.82) is 0 Å². The van der Waals surface area contributed by atoms with E-state index in [9.17, 15) is 0 Å². The molecule has 0 spiro atoms. The summed E-state index contributed by atoms with van der Waals surface area (Å²) in [4.78, 5) is 0. The predicted octanol–water partition coefficient (Wildman–Crippen LogP) is 4.76. The van der Waals surface area contributed by atoms with E-state index in [0.717, 1.165) is 0 Å². The average molecular weight is 216 g/mol. The maximum absolute atomic E-state index is 3.95. The third-order valence-corrected chi connectivity index (χ3v) is 3.19. The van der Waals surface area contributed by atoms with Crippen LogP contribution in [0.1, 0.15) is 51.3 Å². The first-order chi connectivity index (χ1) is 7.18. The van der Waals surface area contributed by atoms with Crippen LogP contribution in [0.15, 0.2) is 30.9 Å². The minimum atomic E-state index is 0.0380. The Kier molecular flexibility index (Phi) is 3.33. The van der Waals surface area contributed by atoms with E-state index in [1.165, 1.54) is 16.7 Å². The SMILES string of the molecule is C=CC(C)(C)c1ccc(C)cc1C(C)(C)C. The van der Waals surface area contributed by atoms with E-state index in [1.54, 1.807) is 0 Å². The second-order valence-corrected chi connectivity index (χ2v) is 6.22. The standard InChI is InChI=1S/C16H24/c1-8-16(6,7)13-10-9-12(2)11-14(13)15(3,4)5/h8-11H,1H2,2-7H3. The summed E-state index contributed by atoms with van der Waals surface area (Å²) < 4.78 is 0. The zero-order chi connectivity index (χ0) is 12.6.